The maximum absolute atomic E-state index is 4.55. The molecule has 1 aromatic heterocycles. The first-order valence-electron chi connectivity index (χ1n) is 19.4. The molecule has 44 heavy (non-hydrogen) atoms. The number of hydrogen-bond acceptors (Lipinski definition) is 2. The maximum atomic E-state index is 4.55. The van der Waals surface area contributed by atoms with Crippen LogP contribution in [0.25, 0.3) is 0 Å². The van der Waals surface area contributed by atoms with E-state index in [1.54, 1.807) is 0 Å². The van der Waals surface area contributed by atoms with Gasteiger partial charge in [-0.3, -0.25) is 4.98 Å². The normalized spacial score (nSPS) is 27.4. The predicted octanol–water partition coefficient (Wildman–Crippen LogP) is 15.0. The van der Waals surface area contributed by atoms with Gasteiger partial charge in [0, 0.05) is 29.7 Å². The fourth-order valence-corrected chi connectivity index (χ4v) is 7.32. The van der Waals surface area contributed by atoms with Crippen molar-refractivity contribution in [1.29, 1.82) is 0 Å². The summed E-state index contributed by atoms with van der Waals surface area (Å²) >= 11 is 0. The van der Waals surface area contributed by atoms with Gasteiger partial charge in [0.05, 0.1) is 0 Å². The molecule has 1 aromatic rings. The summed E-state index contributed by atoms with van der Waals surface area (Å²) in [7, 11) is 0. The second-order valence-corrected chi connectivity index (χ2v) is 13.8. The Balaban J connectivity index is -0.00000112. The molecule has 0 aliphatic heterocycles. The largest absolute Gasteiger partial charge is 0.359 e. The van der Waals surface area contributed by atoms with E-state index in [2.05, 4.69) is 98.2 Å². The van der Waals surface area contributed by atoms with Crippen LogP contribution in [-0.2, 0) is 0 Å². The van der Waals surface area contributed by atoms with Gasteiger partial charge >= 0.3 is 0 Å². The van der Waals surface area contributed by atoms with E-state index < -0.39 is 0 Å². The van der Waals surface area contributed by atoms with Crippen molar-refractivity contribution in [2.45, 2.75) is 188 Å². The van der Waals surface area contributed by atoms with Crippen molar-refractivity contribution in [3.8, 4) is 0 Å². The van der Waals surface area contributed by atoms with E-state index in [0.29, 0.717) is 16.7 Å². The lowest BCUT2D eigenvalue weighted by Gasteiger charge is -2.44. The molecule has 0 radical (unpaired) electrons. The predicted molar refractivity (Wildman–Crippen MR) is 206 cm³/mol. The van der Waals surface area contributed by atoms with Gasteiger partial charge in [0.15, 0.2) is 0 Å². The summed E-state index contributed by atoms with van der Waals surface area (Å²) in [6, 6.07) is 4.11. The van der Waals surface area contributed by atoms with Crippen LogP contribution in [-0.4, -0.2) is 4.98 Å². The van der Waals surface area contributed by atoms with Gasteiger partial charge in [-0.05, 0) is 91.6 Å². The van der Waals surface area contributed by atoms with Gasteiger partial charge in [0.2, 0.25) is 0 Å². The van der Waals surface area contributed by atoms with Crippen LogP contribution >= 0.6 is 0 Å². The molecule has 2 nitrogen and oxygen atoms in total. The molecule has 2 aliphatic carbocycles. The molecule has 1 N–H and O–H groups in total. The fourth-order valence-electron chi connectivity index (χ4n) is 7.32. The van der Waals surface area contributed by atoms with Gasteiger partial charge < -0.3 is 5.32 Å². The van der Waals surface area contributed by atoms with Crippen molar-refractivity contribution in [2.24, 2.45) is 40.4 Å². The van der Waals surface area contributed by atoms with E-state index in [4.69, 9.17) is 0 Å². The van der Waals surface area contributed by atoms with E-state index in [1.165, 1.54) is 82.7 Å². The third-order valence-electron chi connectivity index (χ3n) is 9.45. The van der Waals surface area contributed by atoms with E-state index >= 15 is 0 Å². The molecule has 0 spiro atoms. The van der Waals surface area contributed by atoms with Crippen molar-refractivity contribution in [3.05, 3.63) is 36.8 Å². The third-order valence-corrected chi connectivity index (χ3v) is 9.45. The van der Waals surface area contributed by atoms with Crippen LogP contribution in [0.15, 0.2) is 36.8 Å². The fraction of sp³-hybridized carbons (Fsp3) is 0.833. The van der Waals surface area contributed by atoms with Crippen LogP contribution in [0.4, 0.5) is 5.69 Å². The van der Waals surface area contributed by atoms with Gasteiger partial charge in [-0.25, -0.2) is 0 Å². The average molecular weight is 617 g/mol. The highest BCUT2D eigenvalue weighted by Gasteiger charge is 2.50. The number of rotatable bonds is 8. The van der Waals surface area contributed by atoms with Crippen LogP contribution in [0.2, 0.25) is 0 Å². The highest BCUT2D eigenvalue weighted by molar-refractivity contribution is 5.47. The minimum absolute atomic E-state index is 0.361. The molecule has 2 fully saturated rings. The van der Waals surface area contributed by atoms with Crippen LogP contribution < -0.4 is 5.32 Å². The smallest absolute Gasteiger partial charge is 0.0412 e. The first-order chi connectivity index (χ1) is 21.0. The van der Waals surface area contributed by atoms with E-state index in [1.807, 2.05) is 53.9 Å². The Bertz CT molecular complexity index is 754. The number of nitrogens with zero attached hydrogens (tertiary/aromatic N) is 1. The summed E-state index contributed by atoms with van der Waals surface area (Å²) in [5.74, 6) is 4.04. The Morgan fingerprint density at radius 3 is 1.84 bits per heavy atom. The van der Waals surface area contributed by atoms with Crippen LogP contribution in [0.5, 0.6) is 0 Å². The number of hydrogen-bond donors (Lipinski definition) is 1. The van der Waals surface area contributed by atoms with Crippen LogP contribution in [0.3, 0.4) is 0 Å². The second kappa shape index (κ2) is 28.0. The first-order valence-corrected chi connectivity index (χ1v) is 19.4. The summed E-state index contributed by atoms with van der Waals surface area (Å²) in [5, 5.41) is 3.65. The number of anilines is 1. The first kappa shape index (κ1) is 47.1. The van der Waals surface area contributed by atoms with E-state index in [-0.39, 0.29) is 0 Å². The highest BCUT2D eigenvalue weighted by Crippen LogP contribution is 2.58. The van der Waals surface area contributed by atoms with Crippen molar-refractivity contribution >= 4 is 5.69 Å². The number of nitrogens with one attached hydrogen (secondary N) is 1. The molecular weight excluding hydrogens is 532 g/mol. The summed E-state index contributed by atoms with van der Waals surface area (Å²) < 4.78 is 0. The van der Waals surface area contributed by atoms with Crippen molar-refractivity contribution < 1.29 is 0 Å². The third kappa shape index (κ3) is 17.4. The van der Waals surface area contributed by atoms with Crippen molar-refractivity contribution in [2.75, 3.05) is 5.32 Å². The van der Waals surface area contributed by atoms with E-state index in [9.17, 15) is 0 Å². The van der Waals surface area contributed by atoms with Gasteiger partial charge in [0.25, 0.3) is 0 Å². The molecule has 5 unspecified atom stereocenters. The molecule has 262 valence electrons. The zero-order valence-corrected chi connectivity index (χ0v) is 33.3. The molecule has 2 aliphatic rings. The Kier molecular flexibility index (Phi) is 29.9. The van der Waals surface area contributed by atoms with Gasteiger partial charge in [0.1, 0.15) is 0 Å². The average Bonchev–Trinajstić information content (AvgIpc) is 3.35. The summed E-state index contributed by atoms with van der Waals surface area (Å²) in [6.07, 6.45) is 20.1. The Hall–Kier alpha value is -1.31. The number of pyridine rings is 1. The SMILES string of the molecule is C=C(Nc1ccncc1)C1CCC(C2CCC(CC)C[C@@](C)(CC)CC2)C1(C)CCC.CC.CC.CC.CC(C)C.CCC. The molecule has 0 saturated heterocycles. The molecule has 0 aromatic carbocycles. The zero-order valence-electron chi connectivity index (χ0n) is 33.3. The molecule has 1 heterocycles. The zero-order chi connectivity index (χ0) is 34.8. The Morgan fingerprint density at radius 1 is 0.864 bits per heavy atom. The lowest BCUT2D eigenvalue weighted by Crippen LogP contribution is -2.36. The monoisotopic (exact) mass is 617 g/mol. The minimum Gasteiger partial charge on any atom is -0.359 e. The second-order valence-electron chi connectivity index (χ2n) is 13.8. The minimum atomic E-state index is 0.361. The molecule has 0 bridgehead atoms. The molecular formula is C42H84N2. The summed E-state index contributed by atoms with van der Waals surface area (Å²) in [6.45, 7) is 39.7. The Morgan fingerprint density at radius 2 is 1.39 bits per heavy atom. The standard InChI is InChI=1S/C29H48N2.C4H10.C3H8.3C2H6/c1-7-17-29(6)26(22(4)31-25-15-19-30-20-16-25)12-13-27(29)24-11-10-23(8-2)21-28(5,9-3)18-14-24;1-4(2)3;1-3-2;3*1-2/h15-16,19-20,23-24,26-27H,4,7-14,17-18,21H2,1-3,5-6H3,(H,30,31);4H,1-3H3;3H2,1-2H3;3*1-2H3/t23?,24?,26?,27?,28-,29?;;;;;/m0...../s1. The van der Waals surface area contributed by atoms with Crippen molar-refractivity contribution in [1.82, 2.24) is 4.98 Å². The van der Waals surface area contributed by atoms with Crippen LogP contribution in [0, 0.1) is 40.4 Å². The quantitative estimate of drug-likeness (QED) is 0.314. The summed E-state index contributed by atoms with van der Waals surface area (Å²) in [5.41, 5.74) is 3.25. The summed E-state index contributed by atoms with van der Waals surface area (Å²) in [4.78, 5) is 4.16. The van der Waals surface area contributed by atoms with Gasteiger partial charge in [-0.2, -0.15) is 0 Å². The molecule has 6 atom stereocenters. The molecule has 0 amide bonds. The highest BCUT2D eigenvalue weighted by atomic mass is 14.9. The maximum Gasteiger partial charge on any atom is 0.0412 e. The topological polar surface area (TPSA) is 24.9 Å². The van der Waals surface area contributed by atoms with Gasteiger partial charge in [-0.1, -0.05) is 149 Å². The van der Waals surface area contributed by atoms with E-state index in [0.717, 1.165) is 29.4 Å². The molecule has 2 heteroatoms. The van der Waals surface area contributed by atoms with Gasteiger partial charge in [-0.15, -0.1) is 0 Å². The lowest BCUT2D eigenvalue weighted by atomic mass is 9.61. The Labute approximate surface area is 280 Å². The van der Waals surface area contributed by atoms with Crippen molar-refractivity contribution in [3.63, 3.8) is 0 Å². The number of allylic oxidation sites excluding steroid dienone is 1. The molecule has 2 saturated carbocycles. The number of aromatic nitrogens is 1. The lowest BCUT2D eigenvalue weighted by molar-refractivity contribution is 0.0677. The molecule has 3 rings (SSSR count). The van der Waals surface area contributed by atoms with Crippen LogP contribution in [0.1, 0.15) is 188 Å².